The van der Waals surface area contributed by atoms with Gasteiger partial charge < -0.3 is 10.2 Å². The van der Waals surface area contributed by atoms with Crippen LogP contribution < -0.4 is 10.5 Å². The van der Waals surface area contributed by atoms with E-state index in [0.29, 0.717) is 12.3 Å². The monoisotopic (exact) mass is 364 g/mol. The Labute approximate surface area is 128 Å². The first-order valence-electron chi connectivity index (χ1n) is 7.01. The second-order valence-corrected chi connectivity index (χ2v) is 7.70. The quantitative estimate of drug-likeness (QED) is 0.728. The van der Waals surface area contributed by atoms with Crippen molar-refractivity contribution < 1.29 is 12.8 Å². The molecule has 1 fully saturated rings. The van der Waals surface area contributed by atoms with E-state index in [1.165, 1.54) is 31.7 Å². The van der Waals surface area contributed by atoms with Crippen LogP contribution in [-0.4, -0.2) is 15.0 Å². The molecular weight excluding hydrogens is 344 g/mol. The van der Waals surface area contributed by atoms with Gasteiger partial charge in [0.25, 0.3) is 0 Å². The van der Waals surface area contributed by atoms with Crippen molar-refractivity contribution in [3.8, 4) is 0 Å². The predicted octanol–water partition coefficient (Wildman–Crippen LogP) is 2.75. The van der Waals surface area contributed by atoms with Crippen molar-refractivity contribution in [2.24, 2.45) is 11.7 Å². The third-order valence-corrected chi connectivity index (χ3v) is 6.07. The van der Waals surface area contributed by atoms with Gasteiger partial charge in [0.15, 0.2) is 4.67 Å². The summed E-state index contributed by atoms with van der Waals surface area (Å²) in [6.07, 6.45) is 7.20. The van der Waals surface area contributed by atoms with Gasteiger partial charge in [0.05, 0.1) is 6.54 Å². The fraction of sp³-hybridized carbons (Fsp3) is 0.692. The molecule has 0 radical (unpaired) electrons. The molecule has 7 heteroatoms. The average molecular weight is 365 g/mol. The van der Waals surface area contributed by atoms with Gasteiger partial charge in [-0.2, -0.15) is 0 Å². The van der Waals surface area contributed by atoms with Crippen LogP contribution >= 0.6 is 15.9 Å². The Hall–Kier alpha value is -0.370. The molecule has 0 spiro atoms. The standard InChI is InChI=1S/C13H21BrN2O3S/c14-13-12(8-11(9-15)19-13)20(17,18)16-7-3-6-10-4-1-2-5-10/h8,10,16H,1-7,9,15H2. The first-order valence-corrected chi connectivity index (χ1v) is 9.28. The molecule has 0 aromatic carbocycles. The normalized spacial score (nSPS) is 16.9. The highest BCUT2D eigenvalue weighted by Crippen LogP contribution is 2.29. The molecule has 0 saturated heterocycles. The molecule has 0 atom stereocenters. The van der Waals surface area contributed by atoms with E-state index in [0.717, 1.165) is 18.8 Å². The average Bonchev–Trinajstić information content (AvgIpc) is 3.04. The van der Waals surface area contributed by atoms with Gasteiger partial charge in [-0.1, -0.05) is 25.7 Å². The number of sulfonamides is 1. The van der Waals surface area contributed by atoms with E-state index in [4.69, 9.17) is 10.2 Å². The Balaban J connectivity index is 1.85. The zero-order valence-electron chi connectivity index (χ0n) is 11.4. The van der Waals surface area contributed by atoms with Gasteiger partial charge in [0.2, 0.25) is 10.0 Å². The van der Waals surface area contributed by atoms with Crippen molar-refractivity contribution in [3.05, 3.63) is 16.5 Å². The number of furan rings is 1. The Kier molecular flexibility index (Phi) is 5.65. The number of nitrogens with two attached hydrogens (primary N) is 1. The van der Waals surface area contributed by atoms with Crippen LogP contribution in [0.2, 0.25) is 0 Å². The lowest BCUT2D eigenvalue weighted by Gasteiger charge is -2.09. The summed E-state index contributed by atoms with van der Waals surface area (Å²) in [6.45, 7) is 0.643. The summed E-state index contributed by atoms with van der Waals surface area (Å²) in [5.41, 5.74) is 5.44. The van der Waals surface area contributed by atoms with Gasteiger partial charge >= 0.3 is 0 Å². The second-order valence-electron chi connectivity index (χ2n) is 5.25. The molecular formula is C13H21BrN2O3S. The molecule has 0 amide bonds. The number of hydrogen-bond acceptors (Lipinski definition) is 4. The summed E-state index contributed by atoms with van der Waals surface area (Å²) in [5.74, 6) is 1.23. The van der Waals surface area contributed by atoms with Crippen LogP contribution in [0.3, 0.4) is 0 Å². The maximum Gasteiger partial charge on any atom is 0.244 e. The largest absolute Gasteiger partial charge is 0.452 e. The Morgan fingerprint density at radius 3 is 2.70 bits per heavy atom. The third kappa shape index (κ3) is 4.07. The number of rotatable bonds is 7. The molecule has 1 aliphatic rings. The lowest BCUT2D eigenvalue weighted by Crippen LogP contribution is -2.25. The molecule has 0 aliphatic heterocycles. The first kappa shape index (κ1) is 16.0. The molecule has 5 nitrogen and oxygen atoms in total. The Bertz CT molecular complexity index is 536. The third-order valence-electron chi connectivity index (χ3n) is 3.75. The van der Waals surface area contributed by atoms with Gasteiger partial charge in [-0.3, -0.25) is 0 Å². The zero-order chi connectivity index (χ0) is 14.6. The fourth-order valence-electron chi connectivity index (χ4n) is 2.66. The highest BCUT2D eigenvalue weighted by Gasteiger charge is 2.22. The molecule has 1 aromatic rings. The molecule has 114 valence electrons. The van der Waals surface area contributed by atoms with Crippen LogP contribution in [0.15, 0.2) is 20.0 Å². The SMILES string of the molecule is NCc1cc(S(=O)(=O)NCCCC2CCCC2)c(Br)o1. The summed E-state index contributed by atoms with van der Waals surface area (Å²) in [4.78, 5) is 0.124. The second kappa shape index (κ2) is 7.06. The minimum atomic E-state index is -3.52. The topological polar surface area (TPSA) is 85.3 Å². The van der Waals surface area contributed by atoms with E-state index in [1.807, 2.05) is 0 Å². The van der Waals surface area contributed by atoms with E-state index in [2.05, 4.69) is 20.7 Å². The van der Waals surface area contributed by atoms with Gasteiger partial charge in [0, 0.05) is 12.6 Å². The van der Waals surface area contributed by atoms with Crippen LogP contribution in [0.4, 0.5) is 0 Å². The number of halogens is 1. The van der Waals surface area contributed by atoms with Crippen LogP contribution in [0, 0.1) is 5.92 Å². The minimum absolute atomic E-state index is 0.124. The lowest BCUT2D eigenvalue weighted by atomic mass is 10.0. The van der Waals surface area contributed by atoms with Crippen LogP contribution in [0.1, 0.15) is 44.3 Å². The van der Waals surface area contributed by atoms with E-state index in [1.54, 1.807) is 0 Å². The van der Waals surface area contributed by atoms with E-state index in [-0.39, 0.29) is 16.1 Å². The molecule has 1 heterocycles. The molecule has 2 rings (SSSR count). The van der Waals surface area contributed by atoms with Gasteiger partial charge in [-0.25, -0.2) is 13.1 Å². The highest BCUT2D eigenvalue weighted by molar-refractivity contribution is 9.10. The summed E-state index contributed by atoms with van der Waals surface area (Å²) in [7, 11) is -3.52. The summed E-state index contributed by atoms with van der Waals surface area (Å²) < 4.78 is 32.3. The molecule has 1 aliphatic carbocycles. The molecule has 1 saturated carbocycles. The predicted molar refractivity (Wildman–Crippen MR) is 80.7 cm³/mol. The molecule has 0 unspecified atom stereocenters. The van der Waals surface area contributed by atoms with Gasteiger partial charge in [0.1, 0.15) is 10.7 Å². The van der Waals surface area contributed by atoms with Crippen molar-refractivity contribution in [2.45, 2.75) is 50.0 Å². The van der Waals surface area contributed by atoms with Crippen molar-refractivity contribution in [3.63, 3.8) is 0 Å². The molecule has 0 bridgehead atoms. The van der Waals surface area contributed by atoms with E-state index >= 15 is 0 Å². The summed E-state index contributed by atoms with van der Waals surface area (Å²) in [5, 5.41) is 0. The van der Waals surface area contributed by atoms with Crippen LogP contribution in [0.25, 0.3) is 0 Å². The Morgan fingerprint density at radius 2 is 2.10 bits per heavy atom. The van der Waals surface area contributed by atoms with Crippen LogP contribution in [0.5, 0.6) is 0 Å². The van der Waals surface area contributed by atoms with Gasteiger partial charge in [-0.05, 0) is 34.7 Å². The number of hydrogen-bond donors (Lipinski definition) is 2. The minimum Gasteiger partial charge on any atom is -0.452 e. The molecule has 3 N–H and O–H groups in total. The van der Waals surface area contributed by atoms with Gasteiger partial charge in [-0.15, -0.1) is 0 Å². The number of nitrogens with one attached hydrogen (secondary N) is 1. The molecule has 20 heavy (non-hydrogen) atoms. The van der Waals surface area contributed by atoms with E-state index in [9.17, 15) is 8.42 Å². The van der Waals surface area contributed by atoms with Crippen molar-refractivity contribution in [1.82, 2.24) is 4.72 Å². The maximum absolute atomic E-state index is 12.1. The van der Waals surface area contributed by atoms with Crippen molar-refractivity contribution >= 4 is 26.0 Å². The first-order chi connectivity index (χ1) is 9.53. The van der Waals surface area contributed by atoms with Crippen molar-refractivity contribution in [2.75, 3.05) is 6.54 Å². The zero-order valence-corrected chi connectivity index (χ0v) is 13.8. The van der Waals surface area contributed by atoms with Crippen LogP contribution in [-0.2, 0) is 16.6 Å². The summed E-state index contributed by atoms with van der Waals surface area (Å²) >= 11 is 3.12. The molecule has 1 aromatic heterocycles. The fourth-order valence-corrected chi connectivity index (χ4v) is 4.73. The summed E-state index contributed by atoms with van der Waals surface area (Å²) in [6, 6.07) is 1.46. The smallest absolute Gasteiger partial charge is 0.244 e. The maximum atomic E-state index is 12.1. The Morgan fingerprint density at radius 1 is 1.40 bits per heavy atom. The van der Waals surface area contributed by atoms with Crippen molar-refractivity contribution in [1.29, 1.82) is 0 Å². The van der Waals surface area contributed by atoms with E-state index < -0.39 is 10.0 Å². The lowest BCUT2D eigenvalue weighted by molar-refractivity contribution is 0.477. The highest BCUT2D eigenvalue weighted by atomic mass is 79.9.